The Morgan fingerprint density at radius 3 is 2.52 bits per heavy atom. The fourth-order valence-electron chi connectivity index (χ4n) is 2.16. The van der Waals surface area contributed by atoms with Gasteiger partial charge >= 0.3 is 0 Å². The van der Waals surface area contributed by atoms with Crippen LogP contribution in [0.25, 0.3) is 0 Å². The van der Waals surface area contributed by atoms with Gasteiger partial charge in [-0.15, -0.1) is 0 Å². The Morgan fingerprint density at radius 1 is 1.43 bits per heavy atom. The Bertz CT molecular complexity index is 498. The minimum Gasteiger partial charge on any atom is -0.383 e. The van der Waals surface area contributed by atoms with Crippen molar-refractivity contribution in [2.24, 2.45) is 0 Å². The smallest absolute Gasteiger partial charge is 0.254 e. The SMILES string of the molecule is CCN(C(=O)c1cc(Cl)nc(C(C)(C)C)c1)C(C)COC. The monoisotopic (exact) mass is 312 g/mol. The van der Waals surface area contributed by atoms with Crippen molar-refractivity contribution in [2.75, 3.05) is 20.3 Å². The van der Waals surface area contributed by atoms with E-state index in [1.54, 1.807) is 18.1 Å². The molecule has 0 radical (unpaired) electrons. The van der Waals surface area contributed by atoms with Crippen molar-refractivity contribution in [1.82, 2.24) is 9.88 Å². The number of aromatic nitrogens is 1. The highest BCUT2D eigenvalue weighted by molar-refractivity contribution is 6.29. The van der Waals surface area contributed by atoms with E-state index in [0.717, 1.165) is 5.69 Å². The molecule has 1 heterocycles. The van der Waals surface area contributed by atoms with Gasteiger partial charge in [-0.05, 0) is 26.0 Å². The summed E-state index contributed by atoms with van der Waals surface area (Å²) in [5.41, 5.74) is 1.23. The first kappa shape index (κ1) is 17.9. The second kappa shape index (κ2) is 7.23. The van der Waals surface area contributed by atoms with E-state index in [1.807, 2.05) is 40.7 Å². The Hall–Kier alpha value is -1.13. The number of pyridine rings is 1. The molecule has 0 bridgehead atoms. The van der Waals surface area contributed by atoms with E-state index in [4.69, 9.17) is 16.3 Å². The van der Waals surface area contributed by atoms with Crippen molar-refractivity contribution in [3.63, 3.8) is 0 Å². The maximum absolute atomic E-state index is 12.7. The zero-order valence-electron chi connectivity index (χ0n) is 13.7. The second-order valence-electron chi connectivity index (χ2n) is 6.21. The van der Waals surface area contributed by atoms with Gasteiger partial charge < -0.3 is 9.64 Å². The summed E-state index contributed by atoms with van der Waals surface area (Å²) in [6.07, 6.45) is 0. The highest BCUT2D eigenvalue weighted by Crippen LogP contribution is 2.24. The van der Waals surface area contributed by atoms with Crippen molar-refractivity contribution in [3.05, 3.63) is 28.5 Å². The lowest BCUT2D eigenvalue weighted by atomic mass is 9.90. The largest absolute Gasteiger partial charge is 0.383 e. The molecule has 0 aliphatic heterocycles. The number of rotatable bonds is 5. The van der Waals surface area contributed by atoms with E-state index in [0.29, 0.717) is 23.9 Å². The van der Waals surface area contributed by atoms with Crippen molar-refractivity contribution < 1.29 is 9.53 Å². The van der Waals surface area contributed by atoms with E-state index in [1.165, 1.54) is 0 Å². The number of hydrogen-bond donors (Lipinski definition) is 0. The molecule has 21 heavy (non-hydrogen) atoms. The topological polar surface area (TPSA) is 42.4 Å². The van der Waals surface area contributed by atoms with Crippen LogP contribution in [0.2, 0.25) is 5.15 Å². The maximum Gasteiger partial charge on any atom is 0.254 e. The molecule has 118 valence electrons. The highest BCUT2D eigenvalue weighted by atomic mass is 35.5. The zero-order chi connectivity index (χ0) is 16.2. The molecule has 1 aromatic heterocycles. The second-order valence-corrected chi connectivity index (χ2v) is 6.60. The lowest BCUT2D eigenvalue weighted by molar-refractivity contribution is 0.0579. The van der Waals surface area contributed by atoms with Crippen LogP contribution in [0.1, 0.15) is 50.7 Å². The molecule has 0 N–H and O–H groups in total. The van der Waals surface area contributed by atoms with E-state index >= 15 is 0 Å². The summed E-state index contributed by atoms with van der Waals surface area (Å²) < 4.78 is 5.14. The summed E-state index contributed by atoms with van der Waals surface area (Å²) in [5, 5.41) is 0.348. The van der Waals surface area contributed by atoms with Crippen molar-refractivity contribution >= 4 is 17.5 Å². The third-order valence-electron chi connectivity index (χ3n) is 3.35. The molecule has 1 atom stereocenters. The lowest BCUT2D eigenvalue weighted by Gasteiger charge is -2.28. The van der Waals surface area contributed by atoms with E-state index in [-0.39, 0.29) is 17.4 Å². The molecule has 1 aromatic rings. The van der Waals surface area contributed by atoms with Gasteiger partial charge in [0.2, 0.25) is 0 Å². The van der Waals surface area contributed by atoms with Crippen LogP contribution in [0, 0.1) is 0 Å². The van der Waals surface area contributed by atoms with Crippen LogP contribution >= 0.6 is 11.6 Å². The lowest BCUT2D eigenvalue weighted by Crippen LogP contribution is -2.41. The van der Waals surface area contributed by atoms with Gasteiger partial charge in [-0.1, -0.05) is 32.4 Å². The molecule has 1 unspecified atom stereocenters. The summed E-state index contributed by atoms with van der Waals surface area (Å²) in [7, 11) is 1.63. The molecule has 0 spiro atoms. The quantitative estimate of drug-likeness (QED) is 0.781. The molecular weight excluding hydrogens is 288 g/mol. The Balaban J connectivity index is 3.14. The molecule has 0 aromatic carbocycles. The average Bonchev–Trinajstić information content (AvgIpc) is 2.38. The highest BCUT2D eigenvalue weighted by Gasteiger charge is 2.23. The summed E-state index contributed by atoms with van der Waals surface area (Å²) in [5.74, 6) is -0.0446. The first-order chi connectivity index (χ1) is 9.70. The van der Waals surface area contributed by atoms with E-state index in [2.05, 4.69) is 4.98 Å². The minimum absolute atomic E-state index is 0.0116. The normalized spacial score (nSPS) is 13.1. The van der Waals surface area contributed by atoms with Gasteiger partial charge in [0.1, 0.15) is 5.15 Å². The zero-order valence-corrected chi connectivity index (χ0v) is 14.5. The average molecular weight is 313 g/mol. The Morgan fingerprint density at radius 2 is 2.05 bits per heavy atom. The van der Waals surface area contributed by atoms with Crippen molar-refractivity contribution in [1.29, 1.82) is 0 Å². The third-order valence-corrected chi connectivity index (χ3v) is 3.54. The minimum atomic E-state index is -0.158. The molecule has 0 aliphatic carbocycles. The molecule has 0 fully saturated rings. The Labute approximate surface area is 132 Å². The van der Waals surface area contributed by atoms with Gasteiger partial charge in [-0.2, -0.15) is 0 Å². The fraction of sp³-hybridized carbons (Fsp3) is 0.625. The van der Waals surface area contributed by atoms with E-state index in [9.17, 15) is 4.79 Å². The number of ether oxygens (including phenoxy) is 1. The van der Waals surface area contributed by atoms with Crippen LogP contribution in [0.4, 0.5) is 0 Å². The first-order valence-corrected chi connectivity index (χ1v) is 7.56. The number of carbonyl (C=O) groups excluding carboxylic acids is 1. The van der Waals surface area contributed by atoms with Gasteiger partial charge in [0, 0.05) is 30.3 Å². The van der Waals surface area contributed by atoms with Gasteiger partial charge in [0.15, 0.2) is 0 Å². The molecule has 1 amide bonds. The number of likely N-dealkylation sites (N-methyl/N-ethyl adjacent to an activating group) is 1. The number of halogens is 1. The van der Waals surface area contributed by atoms with Crippen LogP contribution in [0.5, 0.6) is 0 Å². The van der Waals surface area contributed by atoms with Gasteiger partial charge in [0.25, 0.3) is 5.91 Å². The van der Waals surface area contributed by atoms with Gasteiger partial charge in [0.05, 0.1) is 12.6 Å². The molecule has 0 saturated heterocycles. The number of hydrogen-bond acceptors (Lipinski definition) is 3. The van der Waals surface area contributed by atoms with Crippen LogP contribution < -0.4 is 0 Å². The number of nitrogens with zero attached hydrogens (tertiary/aromatic N) is 2. The maximum atomic E-state index is 12.7. The number of methoxy groups -OCH3 is 1. The fourth-order valence-corrected chi connectivity index (χ4v) is 2.37. The first-order valence-electron chi connectivity index (χ1n) is 7.18. The Kier molecular flexibility index (Phi) is 6.17. The third kappa shape index (κ3) is 4.68. The molecule has 4 nitrogen and oxygen atoms in total. The van der Waals surface area contributed by atoms with Gasteiger partial charge in [-0.25, -0.2) is 4.98 Å². The van der Waals surface area contributed by atoms with Crippen LogP contribution in [0.3, 0.4) is 0 Å². The number of carbonyl (C=O) groups is 1. The van der Waals surface area contributed by atoms with Crippen LogP contribution in [-0.2, 0) is 10.2 Å². The summed E-state index contributed by atoms with van der Waals surface area (Å²) in [6, 6.07) is 3.47. The molecule has 0 saturated carbocycles. The molecule has 0 aliphatic rings. The van der Waals surface area contributed by atoms with Crippen LogP contribution in [-0.4, -0.2) is 42.1 Å². The standard InChI is InChI=1S/C16H25ClN2O2/c1-7-19(11(2)10-21-6)15(20)12-8-13(16(3,4)5)18-14(17)9-12/h8-9,11H,7,10H2,1-6H3. The predicted molar refractivity (Wildman–Crippen MR) is 86.0 cm³/mol. The van der Waals surface area contributed by atoms with Crippen molar-refractivity contribution in [2.45, 2.75) is 46.1 Å². The summed E-state index contributed by atoms with van der Waals surface area (Å²) in [4.78, 5) is 18.8. The predicted octanol–water partition coefficient (Wildman–Crippen LogP) is 3.53. The number of amides is 1. The van der Waals surface area contributed by atoms with Crippen molar-refractivity contribution in [3.8, 4) is 0 Å². The summed E-state index contributed by atoms with van der Waals surface area (Å²) in [6.45, 7) is 11.2. The molecular formula is C16H25ClN2O2. The molecule has 1 rings (SSSR count). The van der Waals surface area contributed by atoms with Gasteiger partial charge in [-0.3, -0.25) is 4.79 Å². The summed E-state index contributed by atoms with van der Waals surface area (Å²) >= 11 is 6.08. The van der Waals surface area contributed by atoms with Crippen LogP contribution in [0.15, 0.2) is 12.1 Å². The van der Waals surface area contributed by atoms with E-state index < -0.39 is 0 Å². The molecule has 5 heteroatoms.